The van der Waals surface area contributed by atoms with Crippen LogP contribution in [-0.4, -0.2) is 19.5 Å². The van der Waals surface area contributed by atoms with Gasteiger partial charge in [0.1, 0.15) is 0 Å². The van der Waals surface area contributed by atoms with E-state index in [1.165, 1.54) is 0 Å². The number of aromatic nitrogens is 4. The number of rotatable bonds is 7. The van der Waals surface area contributed by atoms with Crippen molar-refractivity contribution in [2.75, 3.05) is 0 Å². The van der Waals surface area contributed by atoms with E-state index in [0.29, 0.717) is 22.9 Å². The van der Waals surface area contributed by atoms with Crippen molar-refractivity contribution in [1.82, 2.24) is 19.5 Å². The fraction of sp³-hybridized carbons (Fsp3) is 0.0377. The smallest absolute Gasteiger partial charge is 0.309 e. The minimum Gasteiger partial charge on any atom is -0.309 e. The monoisotopic (exact) mass is 838 g/mol. The molecule has 0 saturated heterocycles. The van der Waals surface area contributed by atoms with Crippen molar-refractivity contribution in [3.05, 3.63) is 205 Å². The molecule has 4 nitrogen and oxygen atoms in total. The third kappa shape index (κ3) is 7.50. The Morgan fingerprint density at radius 1 is 0.333 bits per heavy atom. The van der Waals surface area contributed by atoms with Crippen molar-refractivity contribution in [3.8, 4) is 73.2 Å². The zero-order valence-corrected chi connectivity index (χ0v) is 33.0. The molecule has 0 N–H and O–H groups in total. The second-order valence-corrected chi connectivity index (χ2v) is 15.1. The van der Waals surface area contributed by atoms with Gasteiger partial charge in [-0.1, -0.05) is 152 Å². The van der Waals surface area contributed by atoms with E-state index in [-0.39, 0.29) is 34.7 Å². The van der Waals surface area contributed by atoms with Crippen LogP contribution >= 0.6 is 0 Å². The Kier molecular flexibility index (Phi) is 9.71. The van der Waals surface area contributed by atoms with E-state index in [4.69, 9.17) is 15.0 Å². The van der Waals surface area contributed by atoms with Crippen LogP contribution in [-0.2, 0) is 12.4 Å². The summed E-state index contributed by atoms with van der Waals surface area (Å²) in [4.78, 5) is 14.4. The summed E-state index contributed by atoms with van der Waals surface area (Å²) in [6.45, 7) is 0. The Labute approximate surface area is 357 Å². The molecule has 0 unspecified atom stereocenters. The fourth-order valence-electron chi connectivity index (χ4n) is 8.13. The van der Waals surface area contributed by atoms with Crippen LogP contribution in [0.3, 0.4) is 0 Å². The lowest BCUT2D eigenvalue weighted by Crippen LogP contribution is -2.12. The molecule has 8 aromatic carbocycles. The van der Waals surface area contributed by atoms with Gasteiger partial charge < -0.3 is 4.57 Å². The van der Waals surface area contributed by atoms with Crippen molar-refractivity contribution < 1.29 is 26.3 Å². The Balaban J connectivity index is 1.29. The highest BCUT2D eigenvalue weighted by Crippen LogP contribution is 2.45. The van der Waals surface area contributed by atoms with Crippen LogP contribution < -0.4 is 0 Å². The number of fused-ring (bicyclic) bond motifs is 3. The van der Waals surface area contributed by atoms with Gasteiger partial charge in [0.15, 0.2) is 17.5 Å². The second-order valence-electron chi connectivity index (χ2n) is 15.1. The molecular weight excluding hydrogens is 807 g/mol. The topological polar surface area (TPSA) is 43.6 Å². The molecule has 0 aliphatic rings. The zero-order valence-electron chi connectivity index (χ0n) is 33.0. The maximum absolute atomic E-state index is 15.2. The molecule has 0 fully saturated rings. The van der Waals surface area contributed by atoms with Gasteiger partial charge in [0, 0.05) is 33.2 Å². The molecule has 0 radical (unpaired) electrons. The molecule has 10 rings (SSSR count). The van der Waals surface area contributed by atoms with Gasteiger partial charge in [-0.25, -0.2) is 15.0 Å². The summed E-state index contributed by atoms with van der Waals surface area (Å²) in [6.07, 6.45) is -10.2. The van der Waals surface area contributed by atoms with Gasteiger partial charge in [0.25, 0.3) is 0 Å². The van der Waals surface area contributed by atoms with Crippen LogP contribution in [0.1, 0.15) is 11.1 Å². The van der Waals surface area contributed by atoms with Crippen molar-refractivity contribution >= 4 is 21.8 Å². The largest absolute Gasteiger partial charge is 0.417 e. The SMILES string of the molecule is FC(F)(F)c1ccc(-c2cc(-n3c4cc(-c5ccccc5)ccc4c4ccc(-c5ccccc5)cc43)ccc2-c2nc(-c3ccccc3)nc(-c3ccccc3)n2)c(C(F)(F)F)c1. The molecule has 0 amide bonds. The lowest BCUT2D eigenvalue weighted by molar-refractivity contribution is -0.142. The molecule has 0 saturated carbocycles. The number of nitrogens with zero attached hydrogens (tertiary/aromatic N) is 4. The third-order valence-corrected chi connectivity index (χ3v) is 11.1. The number of hydrogen-bond acceptors (Lipinski definition) is 3. The van der Waals surface area contributed by atoms with Gasteiger partial charge in [0.2, 0.25) is 0 Å². The first-order chi connectivity index (χ1) is 30.5. The molecule has 0 atom stereocenters. The molecule has 0 bridgehead atoms. The van der Waals surface area contributed by atoms with Crippen LogP contribution in [0.25, 0.3) is 95.0 Å². The molecule has 2 heterocycles. The summed E-state index contributed by atoms with van der Waals surface area (Å²) >= 11 is 0. The van der Waals surface area contributed by atoms with E-state index in [0.717, 1.165) is 50.1 Å². The maximum Gasteiger partial charge on any atom is 0.417 e. The van der Waals surface area contributed by atoms with E-state index in [1.54, 1.807) is 18.2 Å². The quantitative estimate of drug-likeness (QED) is 0.150. The Bertz CT molecular complexity index is 3140. The highest BCUT2D eigenvalue weighted by Gasteiger charge is 2.39. The molecule has 10 aromatic rings. The Hall–Kier alpha value is -7.85. The standard InChI is InChI=1S/C53H32F6N4/c54-52(55,56)39-23-27-41(46(31-39)53(57,58)59)45-32-40(24-28-44(45)51-61-49(35-17-9-3-10-18-35)60-50(62-51)36-19-11-4-12-20-36)63-47-29-37(33-13-5-1-6-14-33)21-25-42(47)43-26-22-38(30-48(43)63)34-15-7-2-8-16-34/h1-32H. The molecule has 306 valence electrons. The normalized spacial score (nSPS) is 12.0. The Morgan fingerprint density at radius 2 is 0.778 bits per heavy atom. The van der Waals surface area contributed by atoms with Crippen molar-refractivity contribution in [2.45, 2.75) is 12.4 Å². The molecule has 0 aliphatic heterocycles. The molecule has 63 heavy (non-hydrogen) atoms. The van der Waals surface area contributed by atoms with Crippen LogP contribution in [0.4, 0.5) is 26.3 Å². The van der Waals surface area contributed by atoms with Gasteiger partial charge in [-0.15, -0.1) is 0 Å². The van der Waals surface area contributed by atoms with Gasteiger partial charge in [-0.2, -0.15) is 26.3 Å². The first-order valence-corrected chi connectivity index (χ1v) is 20.0. The predicted molar refractivity (Wildman–Crippen MR) is 237 cm³/mol. The first kappa shape index (κ1) is 39.3. The van der Waals surface area contributed by atoms with Crippen LogP contribution in [0.5, 0.6) is 0 Å². The van der Waals surface area contributed by atoms with Crippen LogP contribution in [0.15, 0.2) is 194 Å². The highest BCUT2D eigenvalue weighted by atomic mass is 19.4. The summed E-state index contributed by atoms with van der Waals surface area (Å²) in [7, 11) is 0. The van der Waals surface area contributed by atoms with Gasteiger partial charge in [0.05, 0.1) is 22.2 Å². The lowest BCUT2D eigenvalue weighted by Gasteiger charge is -2.20. The van der Waals surface area contributed by atoms with E-state index in [9.17, 15) is 13.2 Å². The minimum atomic E-state index is -5.17. The zero-order chi connectivity index (χ0) is 43.3. The van der Waals surface area contributed by atoms with Crippen LogP contribution in [0, 0.1) is 0 Å². The molecule has 10 heteroatoms. The second kappa shape index (κ2) is 15.6. The summed E-state index contributed by atoms with van der Waals surface area (Å²) < 4.78 is 89.9. The van der Waals surface area contributed by atoms with E-state index >= 15 is 13.2 Å². The lowest BCUT2D eigenvalue weighted by atomic mass is 9.92. The summed E-state index contributed by atoms with van der Waals surface area (Å²) in [5.41, 5.74) is 3.87. The third-order valence-electron chi connectivity index (χ3n) is 11.1. The van der Waals surface area contributed by atoms with Gasteiger partial charge >= 0.3 is 12.4 Å². The molecule has 2 aromatic heterocycles. The first-order valence-electron chi connectivity index (χ1n) is 20.0. The summed E-state index contributed by atoms with van der Waals surface area (Å²) in [6, 6.07) is 56.8. The number of alkyl halides is 6. The van der Waals surface area contributed by atoms with E-state index in [2.05, 4.69) is 0 Å². The van der Waals surface area contributed by atoms with Crippen molar-refractivity contribution in [1.29, 1.82) is 0 Å². The van der Waals surface area contributed by atoms with Crippen molar-refractivity contribution in [2.24, 2.45) is 0 Å². The molecule has 0 aliphatic carbocycles. The highest BCUT2D eigenvalue weighted by molar-refractivity contribution is 6.11. The number of halogens is 6. The minimum absolute atomic E-state index is 0.0220. The van der Waals surface area contributed by atoms with Crippen LogP contribution in [0.2, 0.25) is 0 Å². The summed E-state index contributed by atoms with van der Waals surface area (Å²) in [5.74, 6) is 0.571. The maximum atomic E-state index is 15.2. The molecule has 0 spiro atoms. The van der Waals surface area contributed by atoms with Crippen molar-refractivity contribution in [3.63, 3.8) is 0 Å². The average molecular weight is 839 g/mol. The number of benzene rings is 8. The number of hydrogen-bond donors (Lipinski definition) is 0. The van der Waals surface area contributed by atoms with Gasteiger partial charge in [-0.3, -0.25) is 0 Å². The molecular formula is C53H32F6N4. The Morgan fingerprint density at radius 3 is 1.24 bits per heavy atom. The predicted octanol–water partition coefficient (Wildman–Crippen LogP) is 15.0. The average Bonchev–Trinajstić information content (AvgIpc) is 3.64. The summed E-state index contributed by atoms with van der Waals surface area (Å²) in [5, 5.41) is 1.80. The fourth-order valence-corrected chi connectivity index (χ4v) is 8.13. The van der Waals surface area contributed by atoms with E-state index < -0.39 is 29.0 Å². The van der Waals surface area contributed by atoms with Gasteiger partial charge in [-0.05, 0) is 75.8 Å². The van der Waals surface area contributed by atoms with E-state index in [1.807, 2.05) is 162 Å².